The zero-order valence-electron chi connectivity index (χ0n) is 10.2. The Balaban J connectivity index is 2.09. The SMILES string of the molecule is CCOC(c1noc(CCl)n1)C1CCCCC1. The largest absolute Gasteiger partial charge is 0.370 e. The molecule has 1 saturated carbocycles. The molecule has 0 amide bonds. The van der Waals surface area contributed by atoms with E-state index in [2.05, 4.69) is 10.1 Å². The van der Waals surface area contributed by atoms with Crippen LogP contribution in [-0.4, -0.2) is 16.7 Å². The van der Waals surface area contributed by atoms with Gasteiger partial charge in [-0.1, -0.05) is 24.4 Å². The number of alkyl halides is 1. The minimum Gasteiger partial charge on any atom is -0.370 e. The van der Waals surface area contributed by atoms with E-state index in [1.54, 1.807) is 0 Å². The van der Waals surface area contributed by atoms with E-state index in [1.807, 2.05) is 6.92 Å². The van der Waals surface area contributed by atoms with Crippen molar-refractivity contribution in [3.05, 3.63) is 11.7 Å². The zero-order chi connectivity index (χ0) is 12.1. The van der Waals surface area contributed by atoms with Crippen molar-refractivity contribution in [1.29, 1.82) is 0 Å². The van der Waals surface area contributed by atoms with Gasteiger partial charge in [-0.25, -0.2) is 0 Å². The van der Waals surface area contributed by atoms with E-state index in [1.165, 1.54) is 32.1 Å². The van der Waals surface area contributed by atoms with Crippen LogP contribution in [0.15, 0.2) is 4.52 Å². The topological polar surface area (TPSA) is 48.2 Å². The Morgan fingerprint density at radius 2 is 2.18 bits per heavy atom. The molecule has 1 unspecified atom stereocenters. The normalized spacial score (nSPS) is 19.4. The molecule has 17 heavy (non-hydrogen) atoms. The fourth-order valence-electron chi connectivity index (χ4n) is 2.48. The van der Waals surface area contributed by atoms with Crippen LogP contribution in [-0.2, 0) is 10.6 Å². The van der Waals surface area contributed by atoms with Gasteiger partial charge in [0.15, 0.2) is 0 Å². The van der Waals surface area contributed by atoms with Gasteiger partial charge in [0.2, 0.25) is 11.7 Å². The predicted octanol–water partition coefficient (Wildman–Crippen LogP) is 3.47. The smallest absolute Gasteiger partial charge is 0.241 e. The van der Waals surface area contributed by atoms with Gasteiger partial charge in [-0.15, -0.1) is 11.6 Å². The minimum atomic E-state index is -0.0268. The first-order valence-electron chi connectivity index (χ1n) is 6.35. The molecule has 4 nitrogen and oxygen atoms in total. The molecule has 96 valence electrons. The average Bonchev–Trinajstić information content (AvgIpc) is 2.85. The molecule has 0 spiro atoms. The molecule has 5 heteroatoms. The molecule has 1 fully saturated rings. The quantitative estimate of drug-likeness (QED) is 0.759. The van der Waals surface area contributed by atoms with Crippen molar-refractivity contribution in [2.45, 2.75) is 51.0 Å². The molecule has 1 atom stereocenters. The van der Waals surface area contributed by atoms with E-state index in [0.29, 0.717) is 24.2 Å². The molecule has 0 aromatic carbocycles. The molecule has 0 saturated heterocycles. The molecule has 0 radical (unpaired) electrons. The van der Waals surface area contributed by atoms with E-state index in [-0.39, 0.29) is 12.0 Å². The third kappa shape index (κ3) is 3.19. The van der Waals surface area contributed by atoms with Gasteiger partial charge in [0.1, 0.15) is 12.0 Å². The number of hydrogen-bond acceptors (Lipinski definition) is 4. The Bertz CT molecular complexity index is 337. The third-order valence-electron chi connectivity index (χ3n) is 3.28. The Hall–Kier alpha value is -0.610. The summed E-state index contributed by atoms with van der Waals surface area (Å²) in [6.07, 6.45) is 6.23. The van der Waals surface area contributed by atoms with Crippen LogP contribution in [0, 0.1) is 5.92 Å². The molecule has 1 aromatic rings. The van der Waals surface area contributed by atoms with E-state index in [0.717, 1.165) is 0 Å². The summed E-state index contributed by atoms with van der Waals surface area (Å²) in [5.74, 6) is 1.91. The van der Waals surface area contributed by atoms with E-state index < -0.39 is 0 Å². The lowest BCUT2D eigenvalue weighted by molar-refractivity contribution is -0.00145. The molecule has 1 aliphatic carbocycles. The van der Waals surface area contributed by atoms with E-state index in [4.69, 9.17) is 20.9 Å². The van der Waals surface area contributed by atoms with Crippen molar-refractivity contribution in [3.63, 3.8) is 0 Å². The second-order valence-corrected chi connectivity index (χ2v) is 4.72. The van der Waals surface area contributed by atoms with Crippen LogP contribution in [0.25, 0.3) is 0 Å². The molecule has 2 rings (SSSR count). The number of ether oxygens (including phenoxy) is 1. The highest BCUT2D eigenvalue weighted by atomic mass is 35.5. The lowest BCUT2D eigenvalue weighted by Gasteiger charge is -2.27. The second-order valence-electron chi connectivity index (χ2n) is 4.45. The molecule has 1 aromatic heterocycles. The summed E-state index contributed by atoms with van der Waals surface area (Å²) in [4.78, 5) is 4.29. The van der Waals surface area contributed by atoms with Gasteiger partial charge in [0.25, 0.3) is 0 Å². The number of rotatable bonds is 5. The van der Waals surface area contributed by atoms with Crippen LogP contribution >= 0.6 is 11.6 Å². The van der Waals surface area contributed by atoms with Gasteiger partial charge < -0.3 is 9.26 Å². The Labute approximate surface area is 107 Å². The Morgan fingerprint density at radius 1 is 1.41 bits per heavy atom. The average molecular weight is 259 g/mol. The summed E-state index contributed by atoms with van der Waals surface area (Å²) in [7, 11) is 0. The lowest BCUT2D eigenvalue weighted by Crippen LogP contribution is -2.20. The number of nitrogens with zero attached hydrogens (tertiary/aromatic N) is 2. The van der Waals surface area contributed by atoms with Gasteiger partial charge in [-0.05, 0) is 25.7 Å². The minimum absolute atomic E-state index is 0.0268. The maximum absolute atomic E-state index is 5.80. The van der Waals surface area contributed by atoms with Crippen LogP contribution < -0.4 is 0 Å². The zero-order valence-corrected chi connectivity index (χ0v) is 10.9. The Kier molecular flexibility index (Phi) is 4.80. The van der Waals surface area contributed by atoms with Crippen LogP contribution in [0.4, 0.5) is 0 Å². The van der Waals surface area contributed by atoms with Crippen molar-refractivity contribution < 1.29 is 9.26 Å². The number of hydrogen-bond donors (Lipinski definition) is 0. The van der Waals surface area contributed by atoms with Crippen molar-refractivity contribution in [2.75, 3.05) is 6.61 Å². The molecule has 1 heterocycles. The van der Waals surface area contributed by atoms with Crippen molar-refractivity contribution in [3.8, 4) is 0 Å². The molecular formula is C12H19ClN2O2. The standard InChI is InChI=1S/C12H19ClN2O2/c1-2-16-11(9-6-4-3-5-7-9)12-14-10(8-13)17-15-12/h9,11H,2-8H2,1H3. The third-order valence-corrected chi connectivity index (χ3v) is 3.51. The van der Waals surface area contributed by atoms with Crippen LogP contribution in [0.1, 0.15) is 56.8 Å². The Morgan fingerprint density at radius 3 is 2.76 bits per heavy atom. The highest BCUT2D eigenvalue weighted by Gasteiger charge is 2.29. The van der Waals surface area contributed by atoms with Crippen molar-refractivity contribution in [1.82, 2.24) is 10.1 Å². The summed E-state index contributed by atoms with van der Waals surface area (Å²) in [6.45, 7) is 2.67. The van der Waals surface area contributed by atoms with Gasteiger partial charge >= 0.3 is 0 Å². The van der Waals surface area contributed by atoms with Crippen LogP contribution in [0.3, 0.4) is 0 Å². The first kappa shape index (κ1) is 12.8. The monoisotopic (exact) mass is 258 g/mol. The number of aromatic nitrogens is 2. The first-order chi connectivity index (χ1) is 8.35. The molecule has 0 aliphatic heterocycles. The highest BCUT2D eigenvalue weighted by molar-refractivity contribution is 6.16. The summed E-state index contributed by atoms with van der Waals surface area (Å²) in [6, 6.07) is 0. The van der Waals surface area contributed by atoms with Crippen molar-refractivity contribution >= 4 is 11.6 Å². The molecule has 1 aliphatic rings. The maximum atomic E-state index is 5.80. The van der Waals surface area contributed by atoms with Crippen LogP contribution in [0.2, 0.25) is 0 Å². The fourth-order valence-corrected chi connectivity index (χ4v) is 2.58. The maximum Gasteiger partial charge on any atom is 0.241 e. The molecule has 0 bridgehead atoms. The van der Waals surface area contributed by atoms with Crippen molar-refractivity contribution in [2.24, 2.45) is 5.92 Å². The summed E-state index contributed by atoms with van der Waals surface area (Å²) in [5, 5.41) is 3.99. The first-order valence-corrected chi connectivity index (χ1v) is 6.88. The molecular weight excluding hydrogens is 240 g/mol. The fraction of sp³-hybridized carbons (Fsp3) is 0.833. The summed E-state index contributed by atoms with van der Waals surface area (Å²) in [5.41, 5.74) is 0. The van der Waals surface area contributed by atoms with Gasteiger partial charge in [-0.2, -0.15) is 4.98 Å². The lowest BCUT2D eigenvalue weighted by atomic mass is 9.85. The van der Waals surface area contributed by atoms with E-state index in [9.17, 15) is 0 Å². The predicted molar refractivity (Wildman–Crippen MR) is 64.8 cm³/mol. The van der Waals surface area contributed by atoms with E-state index >= 15 is 0 Å². The number of halogens is 1. The van der Waals surface area contributed by atoms with Gasteiger partial charge in [0.05, 0.1) is 0 Å². The van der Waals surface area contributed by atoms with Gasteiger partial charge in [0, 0.05) is 6.61 Å². The highest BCUT2D eigenvalue weighted by Crippen LogP contribution is 2.35. The summed E-state index contributed by atoms with van der Waals surface area (Å²) < 4.78 is 10.9. The molecule has 0 N–H and O–H groups in total. The van der Waals surface area contributed by atoms with Gasteiger partial charge in [-0.3, -0.25) is 0 Å². The summed E-state index contributed by atoms with van der Waals surface area (Å²) >= 11 is 5.67. The second kappa shape index (κ2) is 6.36. The van der Waals surface area contributed by atoms with Crippen LogP contribution in [0.5, 0.6) is 0 Å².